The minimum atomic E-state index is 0.0253. The molecule has 0 saturated carbocycles. The molecule has 3 fully saturated rings. The molecule has 4 rings (SSSR count). The van der Waals surface area contributed by atoms with Crippen LogP contribution in [0.5, 0.6) is 0 Å². The first kappa shape index (κ1) is 21.6. The smallest absolute Gasteiger partial charge is 0.193 e. The van der Waals surface area contributed by atoms with E-state index in [1.54, 1.807) is 0 Å². The molecule has 3 saturated heterocycles. The van der Waals surface area contributed by atoms with Gasteiger partial charge in [0.15, 0.2) is 5.96 Å². The first-order valence-corrected chi connectivity index (χ1v) is 11.8. The Morgan fingerprint density at radius 1 is 1.17 bits per heavy atom. The van der Waals surface area contributed by atoms with Gasteiger partial charge in [0.1, 0.15) is 0 Å². The molecule has 6 heteroatoms. The Morgan fingerprint density at radius 3 is 2.60 bits per heavy atom. The van der Waals surface area contributed by atoms with Crippen LogP contribution in [0.1, 0.15) is 50.6 Å². The summed E-state index contributed by atoms with van der Waals surface area (Å²) in [6.45, 7) is 9.52. The van der Waals surface area contributed by atoms with Crippen molar-refractivity contribution in [2.75, 3.05) is 53.0 Å². The Morgan fingerprint density at radius 2 is 1.90 bits per heavy atom. The van der Waals surface area contributed by atoms with Gasteiger partial charge < -0.3 is 20.3 Å². The summed E-state index contributed by atoms with van der Waals surface area (Å²) >= 11 is 0. The number of nitrogens with zero attached hydrogens (tertiary/aromatic N) is 3. The summed E-state index contributed by atoms with van der Waals surface area (Å²) in [5.41, 5.74) is 1.36. The molecule has 3 aliphatic heterocycles. The van der Waals surface area contributed by atoms with Crippen molar-refractivity contribution in [3.05, 3.63) is 35.9 Å². The average Bonchev–Trinajstić information content (AvgIpc) is 3.48. The van der Waals surface area contributed by atoms with Crippen molar-refractivity contribution in [1.29, 1.82) is 0 Å². The molecule has 0 bridgehead atoms. The first-order valence-electron chi connectivity index (χ1n) is 11.8. The van der Waals surface area contributed by atoms with E-state index < -0.39 is 0 Å². The molecule has 2 unspecified atom stereocenters. The molecule has 0 amide bonds. The highest BCUT2D eigenvalue weighted by molar-refractivity contribution is 5.80. The largest absolute Gasteiger partial charge is 0.381 e. The molecule has 166 valence electrons. The van der Waals surface area contributed by atoms with Gasteiger partial charge in [0.05, 0.1) is 0 Å². The van der Waals surface area contributed by atoms with Crippen LogP contribution in [-0.4, -0.2) is 80.3 Å². The summed E-state index contributed by atoms with van der Waals surface area (Å²) in [5, 5.41) is 7.68. The highest BCUT2D eigenvalue weighted by atomic mass is 16.5. The maximum atomic E-state index is 5.70. The van der Waals surface area contributed by atoms with Crippen LogP contribution >= 0.6 is 0 Å². The fourth-order valence-electron chi connectivity index (χ4n) is 5.34. The predicted molar refractivity (Wildman–Crippen MR) is 123 cm³/mol. The van der Waals surface area contributed by atoms with E-state index in [0.717, 1.165) is 51.6 Å². The average molecular weight is 414 g/mol. The minimum absolute atomic E-state index is 0.0253. The molecular weight excluding hydrogens is 374 g/mol. The Labute approximate surface area is 182 Å². The molecule has 2 atom stereocenters. The molecule has 3 aliphatic rings. The van der Waals surface area contributed by atoms with Crippen molar-refractivity contribution in [2.24, 2.45) is 4.99 Å². The molecule has 6 nitrogen and oxygen atoms in total. The van der Waals surface area contributed by atoms with Crippen LogP contribution in [0.2, 0.25) is 0 Å². The number of hydrogen-bond donors (Lipinski definition) is 2. The van der Waals surface area contributed by atoms with Gasteiger partial charge >= 0.3 is 0 Å². The van der Waals surface area contributed by atoms with Gasteiger partial charge in [-0.1, -0.05) is 30.3 Å². The summed E-state index contributed by atoms with van der Waals surface area (Å²) in [4.78, 5) is 9.77. The van der Waals surface area contributed by atoms with E-state index in [1.807, 2.05) is 7.05 Å². The Balaban J connectivity index is 1.37. The van der Waals surface area contributed by atoms with Gasteiger partial charge in [-0.3, -0.25) is 9.89 Å². The van der Waals surface area contributed by atoms with E-state index in [1.165, 1.54) is 37.9 Å². The van der Waals surface area contributed by atoms with Crippen molar-refractivity contribution >= 4 is 5.96 Å². The highest BCUT2D eigenvalue weighted by Crippen LogP contribution is 2.26. The zero-order chi connectivity index (χ0) is 20.8. The Hall–Kier alpha value is -1.63. The first-order chi connectivity index (χ1) is 14.7. The van der Waals surface area contributed by atoms with Crippen LogP contribution in [0.4, 0.5) is 0 Å². The van der Waals surface area contributed by atoms with Gasteiger partial charge in [0.2, 0.25) is 0 Å². The zero-order valence-corrected chi connectivity index (χ0v) is 18.8. The number of nitrogens with one attached hydrogen (secondary N) is 2. The van der Waals surface area contributed by atoms with Crippen molar-refractivity contribution in [3.63, 3.8) is 0 Å². The molecule has 0 aromatic heterocycles. The lowest BCUT2D eigenvalue weighted by atomic mass is 9.88. The van der Waals surface area contributed by atoms with Crippen molar-refractivity contribution < 1.29 is 4.74 Å². The molecular formula is C24H39N5O. The van der Waals surface area contributed by atoms with E-state index in [9.17, 15) is 0 Å². The third-order valence-corrected chi connectivity index (χ3v) is 7.19. The van der Waals surface area contributed by atoms with Crippen LogP contribution in [0, 0.1) is 0 Å². The SMILES string of the molecule is CN=C(NCC1(NC(C)c2ccccc2)CCOCC1)N1CCC(N2CCCC2)C1. The molecule has 30 heavy (non-hydrogen) atoms. The fourth-order valence-corrected chi connectivity index (χ4v) is 5.34. The van der Waals surface area contributed by atoms with E-state index in [4.69, 9.17) is 4.74 Å². The Bertz CT molecular complexity index is 682. The van der Waals surface area contributed by atoms with E-state index >= 15 is 0 Å². The number of likely N-dealkylation sites (tertiary alicyclic amines) is 2. The molecule has 0 aliphatic carbocycles. The number of guanidine groups is 1. The minimum Gasteiger partial charge on any atom is -0.381 e. The van der Waals surface area contributed by atoms with Crippen LogP contribution in [0.25, 0.3) is 0 Å². The maximum absolute atomic E-state index is 5.70. The summed E-state index contributed by atoms with van der Waals surface area (Å²) in [5.74, 6) is 1.05. The van der Waals surface area contributed by atoms with E-state index in [2.05, 4.69) is 62.7 Å². The second-order valence-electron chi connectivity index (χ2n) is 9.20. The van der Waals surface area contributed by atoms with E-state index in [0.29, 0.717) is 12.1 Å². The molecule has 0 spiro atoms. The van der Waals surface area contributed by atoms with Gasteiger partial charge in [0, 0.05) is 57.5 Å². The number of ether oxygens (including phenoxy) is 1. The molecule has 1 aromatic rings. The van der Waals surface area contributed by atoms with Gasteiger partial charge in [0.25, 0.3) is 0 Å². The predicted octanol–water partition coefficient (Wildman–Crippen LogP) is 2.63. The zero-order valence-electron chi connectivity index (χ0n) is 18.8. The summed E-state index contributed by atoms with van der Waals surface area (Å²) < 4.78 is 5.70. The van der Waals surface area contributed by atoms with Crippen LogP contribution in [-0.2, 0) is 4.74 Å². The summed E-state index contributed by atoms with van der Waals surface area (Å²) in [7, 11) is 1.92. The lowest BCUT2D eigenvalue weighted by Crippen LogP contribution is -2.58. The van der Waals surface area contributed by atoms with Crippen molar-refractivity contribution in [2.45, 2.75) is 56.7 Å². The molecule has 3 heterocycles. The third kappa shape index (κ3) is 5.16. The second kappa shape index (κ2) is 10.1. The van der Waals surface area contributed by atoms with Gasteiger partial charge in [-0.05, 0) is 57.7 Å². The maximum Gasteiger partial charge on any atom is 0.193 e. The molecule has 1 aromatic carbocycles. The van der Waals surface area contributed by atoms with Crippen LogP contribution in [0.3, 0.4) is 0 Å². The van der Waals surface area contributed by atoms with Gasteiger partial charge in [-0.25, -0.2) is 0 Å². The monoisotopic (exact) mass is 413 g/mol. The standard InChI is InChI=1S/C24H39N5O/c1-20(21-8-4-3-5-9-21)27-24(11-16-30-17-12-24)19-26-23(25-2)29-15-10-22(18-29)28-13-6-7-14-28/h3-5,8-9,20,22,27H,6-7,10-19H2,1-2H3,(H,25,26). The van der Waals surface area contributed by atoms with Crippen LogP contribution in [0.15, 0.2) is 35.3 Å². The van der Waals surface area contributed by atoms with Crippen LogP contribution < -0.4 is 10.6 Å². The van der Waals surface area contributed by atoms with Gasteiger partial charge in [-0.15, -0.1) is 0 Å². The lowest BCUT2D eigenvalue weighted by molar-refractivity contribution is 0.0353. The number of rotatable bonds is 6. The topological polar surface area (TPSA) is 52.1 Å². The summed E-state index contributed by atoms with van der Waals surface area (Å²) in [6.07, 6.45) is 6.01. The number of benzene rings is 1. The molecule has 2 N–H and O–H groups in total. The quantitative estimate of drug-likeness (QED) is 0.555. The van der Waals surface area contributed by atoms with Gasteiger partial charge in [-0.2, -0.15) is 0 Å². The molecule has 0 radical (unpaired) electrons. The summed E-state index contributed by atoms with van der Waals surface area (Å²) in [6, 6.07) is 11.7. The third-order valence-electron chi connectivity index (χ3n) is 7.19. The lowest BCUT2D eigenvalue weighted by Gasteiger charge is -2.41. The second-order valence-corrected chi connectivity index (χ2v) is 9.20. The van der Waals surface area contributed by atoms with Crippen molar-refractivity contribution in [3.8, 4) is 0 Å². The highest BCUT2D eigenvalue weighted by Gasteiger charge is 2.36. The van der Waals surface area contributed by atoms with Crippen molar-refractivity contribution in [1.82, 2.24) is 20.4 Å². The Kier molecular flexibility index (Phi) is 7.28. The number of aliphatic imine (C=N–C) groups is 1. The fraction of sp³-hybridized carbons (Fsp3) is 0.708. The van der Waals surface area contributed by atoms with E-state index in [-0.39, 0.29) is 5.54 Å². The number of hydrogen-bond acceptors (Lipinski definition) is 4. The normalized spacial score (nSPS) is 26.1.